The molecule has 3 N–H and O–H groups in total. The number of allylic oxidation sites excluding steroid dienone is 3. The molecular formula is C17H23NO2. The lowest BCUT2D eigenvalue weighted by molar-refractivity contribution is 0.169. The largest absolute Gasteiger partial charge is 0.508 e. The van der Waals surface area contributed by atoms with E-state index in [1.807, 2.05) is 55.5 Å². The third kappa shape index (κ3) is 5.76. The van der Waals surface area contributed by atoms with E-state index in [1.165, 1.54) is 0 Å². The molecule has 1 aromatic carbocycles. The van der Waals surface area contributed by atoms with Crippen LogP contribution in [0.4, 0.5) is 0 Å². The van der Waals surface area contributed by atoms with E-state index in [0.717, 1.165) is 24.3 Å². The van der Waals surface area contributed by atoms with Crippen molar-refractivity contribution in [3.05, 3.63) is 66.0 Å². The number of methoxy groups -OCH3 is 1. The van der Waals surface area contributed by atoms with Crippen molar-refractivity contribution in [2.24, 2.45) is 11.7 Å². The summed E-state index contributed by atoms with van der Waals surface area (Å²) in [5.41, 5.74) is 7.58. The van der Waals surface area contributed by atoms with Gasteiger partial charge in [-0.3, -0.25) is 0 Å². The van der Waals surface area contributed by atoms with Gasteiger partial charge in [-0.2, -0.15) is 0 Å². The standard InChI is InChI=1S/C9H11N.C8H12O2/c1-2-9(10)8-6-4-3-5-7-8;1-10-6-7-2-4-8(9)5-3-7/h2-7H,10H2,1H3;2,4-5,7,9H,3,6H2,1H3/b9-2-;. The fraction of sp³-hybridized carbons (Fsp3) is 0.294. The zero-order chi connectivity index (χ0) is 14.8. The second-order valence-electron chi connectivity index (χ2n) is 4.55. The Morgan fingerprint density at radius 3 is 2.60 bits per heavy atom. The first-order chi connectivity index (χ1) is 9.67. The van der Waals surface area contributed by atoms with Crippen LogP contribution in [0.3, 0.4) is 0 Å². The van der Waals surface area contributed by atoms with E-state index in [1.54, 1.807) is 13.2 Å². The Bertz CT molecular complexity index is 475. The molecule has 0 fully saturated rings. The van der Waals surface area contributed by atoms with Gasteiger partial charge in [0.05, 0.1) is 6.61 Å². The monoisotopic (exact) mass is 273 g/mol. The quantitative estimate of drug-likeness (QED) is 0.883. The van der Waals surface area contributed by atoms with Crippen LogP contribution >= 0.6 is 0 Å². The van der Waals surface area contributed by atoms with Gasteiger partial charge in [-0.05, 0) is 31.1 Å². The van der Waals surface area contributed by atoms with Gasteiger partial charge in [0.1, 0.15) is 5.76 Å². The molecule has 0 radical (unpaired) electrons. The van der Waals surface area contributed by atoms with E-state index in [0.29, 0.717) is 11.7 Å². The van der Waals surface area contributed by atoms with E-state index < -0.39 is 0 Å². The van der Waals surface area contributed by atoms with Gasteiger partial charge in [-0.25, -0.2) is 0 Å². The van der Waals surface area contributed by atoms with Crippen molar-refractivity contribution in [3.8, 4) is 0 Å². The number of hydrogen-bond acceptors (Lipinski definition) is 3. The van der Waals surface area contributed by atoms with E-state index in [9.17, 15) is 0 Å². The minimum atomic E-state index is 0.368. The first-order valence-corrected chi connectivity index (χ1v) is 6.70. The van der Waals surface area contributed by atoms with Crippen LogP contribution in [0.1, 0.15) is 18.9 Å². The van der Waals surface area contributed by atoms with Crippen LogP contribution in [0.5, 0.6) is 0 Å². The maximum Gasteiger partial charge on any atom is 0.111 e. The summed E-state index contributed by atoms with van der Waals surface area (Å²) in [6.07, 6.45) is 8.28. The van der Waals surface area contributed by atoms with Crippen LogP contribution in [0.25, 0.3) is 5.70 Å². The third-order valence-electron chi connectivity index (χ3n) is 2.97. The Hall–Kier alpha value is -2.00. The fourth-order valence-corrected chi connectivity index (χ4v) is 1.79. The van der Waals surface area contributed by atoms with Gasteiger partial charge in [0.25, 0.3) is 0 Å². The lowest BCUT2D eigenvalue weighted by Gasteiger charge is -2.11. The van der Waals surface area contributed by atoms with E-state index in [4.69, 9.17) is 15.6 Å². The van der Waals surface area contributed by atoms with Crippen molar-refractivity contribution in [2.75, 3.05) is 13.7 Å². The van der Waals surface area contributed by atoms with Crippen LogP contribution in [0.2, 0.25) is 0 Å². The minimum absolute atomic E-state index is 0.368. The summed E-state index contributed by atoms with van der Waals surface area (Å²) in [5, 5.41) is 8.93. The molecule has 0 aromatic heterocycles. The van der Waals surface area contributed by atoms with Gasteiger partial charge >= 0.3 is 0 Å². The molecule has 0 heterocycles. The highest BCUT2D eigenvalue weighted by atomic mass is 16.5. The second kappa shape index (κ2) is 8.99. The summed E-state index contributed by atoms with van der Waals surface area (Å²) in [6.45, 7) is 2.67. The number of rotatable bonds is 3. The molecule has 108 valence electrons. The Kier molecular flexibility index (Phi) is 7.22. The molecule has 0 saturated carbocycles. The molecule has 0 bridgehead atoms. The second-order valence-corrected chi connectivity index (χ2v) is 4.55. The fourth-order valence-electron chi connectivity index (χ4n) is 1.79. The molecule has 0 amide bonds. The normalized spacial score (nSPS) is 18.0. The molecule has 3 nitrogen and oxygen atoms in total. The van der Waals surface area contributed by atoms with Gasteiger partial charge in [-0.15, -0.1) is 0 Å². The van der Waals surface area contributed by atoms with Gasteiger partial charge in [0.15, 0.2) is 0 Å². The lowest BCUT2D eigenvalue weighted by atomic mass is 10.0. The van der Waals surface area contributed by atoms with Crippen LogP contribution in [0.15, 0.2) is 60.4 Å². The Labute approximate surface area is 121 Å². The SMILES string of the molecule is C/C=C(\N)c1ccccc1.COCC1C=CC(O)=CC1. The minimum Gasteiger partial charge on any atom is -0.508 e. The molecule has 1 unspecified atom stereocenters. The molecule has 20 heavy (non-hydrogen) atoms. The highest BCUT2D eigenvalue weighted by Crippen LogP contribution is 2.14. The molecule has 1 aliphatic rings. The summed E-state index contributed by atoms with van der Waals surface area (Å²) in [7, 11) is 1.69. The summed E-state index contributed by atoms with van der Waals surface area (Å²) < 4.78 is 4.95. The van der Waals surface area contributed by atoms with Crippen molar-refractivity contribution in [1.29, 1.82) is 0 Å². The topological polar surface area (TPSA) is 55.5 Å². The number of benzene rings is 1. The summed E-state index contributed by atoms with van der Waals surface area (Å²) in [6, 6.07) is 9.93. The molecule has 0 aliphatic heterocycles. The highest BCUT2D eigenvalue weighted by Gasteiger charge is 2.06. The van der Waals surface area contributed by atoms with Gasteiger partial charge in [0.2, 0.25) is 0 Å². The Balaban J connectivity index is 0.000000200. The Morgan fingerprint density at radius 2 is 2.10 bits per heavy atom. The molecule has 2 rings (SSSR count). The number of aliphatic hydroxyl groups is 1. The van der Waals surface area contributed by atoms with Crippen molar-refractivity contribution in [2.45, 2.75) is 13.3 Å². The Morgan fingerprint density at radius 1 is 1.40 bits per heavy atom. The van der Waals surface area contributed by atoms with Crippen LogP contribution in [0, 0.1) is 5.92 Å². The molecule has 3 heteroatoms. The highest BCUT2D eigenvalue weighted by molar-refractivity contribution is 5.61. The van der Waals surface area contributed by atoms with E-state index in [-0.39, 0.29) is 0 Å². The summed E-state index contributed by atoms with van der Waals surface area (Å²) in [4.78, 5) is 0. The van der Waals surface area contributed by atoms with Crippen LogP contribution in [-0.4, -0.2) is 18.8 Å². The predicted octanol–water partition coefficient (Wildman–Crippen LogP) is 3.66. The number of hydrogen-bond donors (Lipinski definition) is 2. The predicted molar refractivity (Wildman–Crippen MR) is 84.1 cm³/mol. The first kappa shape index (κ1) is 16.1. The summed E-state index contributed by atoms with van der Waals surface area (Å²) in [5.74, 6) is 0.813. The van der Waals surface area contributed by atoms with Crippen molar-refractivity contribution >= 4 is 5.70 Å². The lowest BCUT2D eigenvalue weighted by Crippen LogP contribution is -2.06. The summed E-state index contributed by atoms with van der Waals surface area (Å²) >= 11 is 0. The van der Waals surface area contributed by atoms with E-state index >= 15 is 0 Å². The maximum atomic E-state index is 8.93. The molecular weight excluding hydrogens is 250 g/mol. The average molecular weight is 273 g/mol. The number of ether oxygens (including phenoxy) is 1. The van der Waals surface area contributed by atoms with Gasteiger partial charge in [-0.1, -0.05) is 42.5 Å². The first-order valence-electron chi connectivity index (χ1n) is 6.70. The number of nitrogens with two attached hydrogens (primary N) is 1. The number of aliphatic hydroxyl groups excluding tert-OH is 1. The van der Waals surface area contributed by atoms with Crippen LogP contribution in [-0.2, 0) is 4.74 Å². The van der Waals surface area contributed by atoms with Crippen LogP contribution < -0.4 is 5.73 Å². The zero-order valence-corrected chi connectivity index (χ0v) is 12.1. The van der Waals surface area contributed by atoms with Gasteiger partial charge in [0, 0.05) is 18.7 Å². The van der Waals surface area contributed by atoms with Crippen molar-refractivity contribution in [3.63, 3.8) is 0 Å². The molecule has 1 aromatic rings. The van der Waals surface area contributed by atoms with Gasteiger partial charge < -0.3 is 15.6 Å². The average Bonchev–Trinajstić information content (AvgIpc) is 2.50. The maximum absolute atomic E-state index is 8.93. The van der Waals surface area contributed by atoms with E-state index in [2.05, 4.69) is 0 Å². The molecule has 1 atom stereocenters. The smallest absolute Gasteiger partial charge is 0.111 e. The molecule has 0 spiro atoms. The molecule has 1 aliphatic carbocycles. The zero-order valence-electron chi connectivity index (χ0n) is 12.1. The molecule has 0 saturated heterocycles. The van der Waals surface area contributed by atoms with Crippen molar-refractivity contribution < 1.29 is 9.84 Å². The third-order valence-corrected chi connectivity index (χ3v) is 2.97. The van der Waals surface area contributed by atoms with Crippen molar-refractivity contribution in [1.82, 2.24) is 0 Å².